The van der Waals surface area contributed by atoms with Crippen LogP contribution >= 0.6 is 0 Å². The van der Waals surface area contributed by atoms with Gasteiger partial charge in [0.2, 0.25) is 0 Å². The Bertz CT molecular complexity index is 309. The molecule has 0 radical (unpaired) electrons. The molecule has 0 saturated carbocycles. The van der Waals surface area contributed by atoms with E-state index in [1.54, 1.807) is 0 Å². The minimum absolute atomic E-state index is 0.399. The number of nitrogens with zero attached hydrogens (tertiary/aromatic N) is 1. The van der Waals surface area contributed by atoms with Crippen molar-refractivity contribution in [3.05, 3.63) is 30.1 Å². The molecule has 0 spiro atoms. The lowest BCUT2D eigenvalue weighted by atomic mass is 9.94. The summed E-state index contributed by atoms with van der Waals surface area (Å²) < 4.78 is 0. The molecule has 1 unspecified atom stereocenters. The lowest BCUT2D eigenvalue weighted by Gasteiger charge is -2.26. The molecule has 0 aliphatic rings. The van der Waals surface area contributed by atoms with Crippen molar-refractivity contribution in [3.8, 4) is 0 Å². The maximum Gasteiger partial charge on any atom is 0.0295 e. The van der Waals surface area contributed by atoms with Crippen LogP contribution in [0.25, 0.3) is 0 Å². The van der Waals surface area contributed by atoms with E-state index in [1.807, 2.05) is 12.4 Å². The molecule has 18 heavy (non-hydrogen) atoms. The fourth-order valence-electron chi connectivity index (χ4n) is 2.47. The van der Waals surface area contributed by atoms with Gasteiger partial charge < -0.3 is 5.32 Å². The van der Waals surface area contributed by atoms with E-state index in [4.69, 9.17) is 0 Å². The minimum Gasteiger partial charge on any atom is -0.307 e. The Labute approximate surface area is 112 Å². The molecule has 0 bridgehead atoms. The smallest absolute Gasteiger partial charge is 0.0295 e. The van der Waals surface area contributed by atoms with Crippen molar-refractivity contribution in [1.29, 1.82) is 0 Å². The first-order valence-corrected chi connectivity index (χ1v) is 7.15. The van der Waals surface area contributed by atoms with Gasteiger partial charge in [0, 0.05) is 24.5 Å². The summed E-state index contributed by atoms with van der Waals surface area (Å²) in [4.78, 5) is 4.08. The van der Waals surface area contributed by atoms with Gasteiger partial charge in [-0.3, -0.25) is 4.98 Å². The van der Waals surface area contributed by atoms with Gasteiger partial charge in [-0.15, -0.1) is 0 Å². The summed E-state index contributed by atoms with van der Waals surface area (Å²) in [6.45, 7) is 11.4. The van der Waals surface area contributed by atoms with Gasteiger partial charge in [0.05, 0.1) is 0 Å². The third-order valence-electron chi connectivity index (χ3n) is 3.20. The molecule has 0 aromatic carbocycles. The summed E-state index contributed by atoms with van der Waals surface area (Å²) in [6, 6.07) is 5.20. The molecule has 2 heteroatoms. The van der Waals surface area contributed by atoms with Crippen LogP contribution in [0.15, 0.2) is 24.5 Å². The molecule has 0 aliphatic heterocycles. The van der Waals surface area contributed by atoms with Crippen LogP contribution in [-0.2, 0) is 0 Å². The predicted molar refractivity (Wildman–Crippen MR) is 78.5 cm³/mol. The second kappa shape index (κ2) is 7.52. The monoisotopic (exact) mass is 248 g/mol. The normalized spacial score (nSPS) is 13.6. The van der Waals surface area contributed by atoms with Crippen LogP contribution < -0.4 is 5.32 Å². The van der Waals surface area contributed by atoms with Crippen LogP contribution in [-0.4, -0.2) is 11.0 Å². The quantitative estimate of drug-likeness (QED) is 0.782. The lowest BCUT2D eigenvalue weighted by molar-refractivity contribution is 0.335. The first-order valence-electron chi connectivity index (χ1n) is 7.15. The Kier molecular flexibility index (Phi) is 6.34. The van der Waals surface area contributed by atoms with E-state index in [0.717, 1.165) is 11.8 Å². The van der Waals surface area contributed by atoms with E-state index in [2.05, 4.69) is 57.1 Å². The predicted octanol–water partition coefficient (Wildman–Crippen LogP) is 4.19. The summed E-state index contributed by atoms with van der Waals surface area (Å²) in [5.41, 5.74) is 1.32. The Morgan fingerprint density at radius 2 is 1.44 bits per heavy atom. The standard InChI is InChI=1S/C16H28N2/c1-12(2)10-16(11-13(3)4)18-14(5)15-6-8-17-9-7-15/h6-9,12-14,16,18H,10-11H2,1-5H3. The number of hydrogen-bond donors (Lipinski definition) is 1. The van der Waals surface area contributed by atoms with Crippen LogP contribution in [0.3, 0.4) is 0 Å². The molecule has 1 aromatic heterocycles. The average Bonchev–Trinajstić information content (AvgIpc) is 2.28. The van der Waals surface area contributed by atoms with E-state index in [-0.39, 0.29) is 0 Å². The van der Waals surface area contributed by atoms with Crippen LogP contribution in [0.1, 0.15) is 59.1 Å². The number of hydrogen-bond acceptors (Lipinski definition) is 2. The number of rotatable bonds is 7. The zero-order chi connectivity index (χ0) is 13.5. The summed E-state index contributed by atoms with van der Waals surface area (Å²) in [7, 11) is 0. The molecular weight excluding hydrogens is 220 g/mol. The fourth-order valence-corrected chi connectivity index (χ4v) is 2.47. The van der Waals surface area contributed by atoms with E-state index in [0.29, 0.717) is 12.1 Å². The van der Waals surface area contributed by atoms with Gasteiger partial charge >= 0.3 is 0 Å². The fraction of sp³-hybridized carbons (Fsp3) is 0.688. The van der Waals surface area contributed by atoms with Gasteiger partial charge in [0.1, 0.15) is 0 Å². The van der Waals surface area contributed by atoms with Gasteiger partial charge in [0.15, 0.2) is 0 Å². The minimum atomic E-state index is 0.399. The van der Waals surface area contributed by atoms with E-state index < -0.39 is 0 Å². The summed E-state index contributed by atoms with van der Waals surface area (Å²) in [5, 5.41) is 3.77. The van der Waals surface area contributed by atoms with Crippen molar-refractivity contribution in [1.82, 2.24) is 10.3 Å². The topological polar surface area (TPSA) is 24.9 Å². The number of nitrogens with one attached hydrogen (secondary N) is 1. The zero-order valence-electron chi connectivity index (χ0n) is 12.5. The van der Waals surface area contributed by atoms with Gasteiger partial charge in [0.25, 0.3) is 0 Å². The third-order valence-corrected chi connectivity index (χ3v) is 3.20. The van der Waals surface area contributed by atoms with Crippen LogP contribution in [0.5, 0.6) is 0 Å². The molecule has 1 rings (SSSR count). The van der Waals surface area contributed by atoms with Crippen molar-refractivity contribution < 1.29 is 0 Å². The Morgan fingerprint density at radius 1 is 0.944 bits per heavy atom. The Balaban J connectivity index is 2.59. The Morgan fingerprint density at radius 3 is 1.89 bits per heavy atom. The van der Waals surface area contributed by atoms with E-state index >= 15 is 0 Å². The van der Waals surface area contributed by atoms with Crippen LogP contribution in [0, 0.1) is 11.8 Å². The van der Waals surface area contributed by atoms with Crippen LogP contribution in [0.4, 0.5) is 0 Å². The first-order chi connectivity index (χ1) is 8.49. The molecular formula is C16H28N2. The molecule has 0 aliphatic carbocycles. The molecule has 0 saturated heterocycles. The lowest BCUT2D eigenvalue weighted by Crippen LogP contribution is -2.34. The SMILES string of the molecule is CC(C)CC(CC(C)C)NC(C)c1ccncc1. The number of aromatic nitrogens is 1. The van der Waals surface area contributed by atoms with Crippen molar-refractivity contribution in [2.24, 2.45) is 11.8 Å². The highest BCUT2D eigenvalue weighted by Crippen LogP contribution is 2.18. The van der Waals surface area contributed by atoms with Gasteiger partial charge in [-0.05, 0) is 49.3 Å². The second-order valence-electron chi connectivity index (χ2n) is 6.12. The number of pyridine rings is 1. The first kappa shape index (κ1) is 15.2. The summed E-state index contributed by atoms with van der Waals surface area (Å²) >= 11 is 0. The van der Waals surface area contributed by atoms with Crippen molar-refractivity contribution in [2.75, 3.05) is 0 Å². The molecule has 0 fully saturated rings. The van der Waals surface area contributed by atoms with Crippen LogP contribution in [0.2, 0.25) is 0 Å². The molecule has 102 valence electrons. The third kappa shape index (κ3) is 5.63. The van der Waals surface area contributed by atoms with Gasteiger partial charge in [-0.1, -0.05) is 27.7 Å². The molecule has 1 aromatic rings. The van der Waals surface area contributed by atoms with Gasteiger partial charge in [-0.25, -0.2) is 0 Å². The van der Waals surface area contributed by atoms with Crippen molar-refractivity contribution in [3.63, 3.8) is 0 Å². The largest absolute Gasteiger partial charge is 0.307 e. The Hall–Kier alpha value is -0.890. The van der Waals surface area contributed by atoms with Gasteiger partial charge in [-0.2, -0.15) is 0 Å². The van der Waals surface area contributed by atoms with Crippen molar-refractivity contribution >= 4 is 0 Å². The highest BCUT2D eigenvalue weighted by molar-refractivity contribution is 5.14. The zero-order valence-corrected chi connectivity index (χ0v) is 12.5. The molecule has 1 heterocycles. The summed E-state index contributed by atoms with van der Waals surface area (Å²) in [6.07, 6.45) is 6.22. The van der Waals surface area contributed by atoms with E-state index in [9.17, 15) is 0 Å². The average molecular weight is 248 g/mol. The van der Waals surface area contributed by atoms with Crippen molar-refractivity contribution in [2.45, 2.75) is 59.5 Å². The second-order valence-corrected chi connectivity index (χ2v) is 6.12. The highest BCUT2D eigenvalue weighted by Gasteiger charge is 2.16. The van der Waals surface area contributed by atoms with E-state index in [1.165, 1.54) is 18.4 Å². The molecule has 0 amide bonds. The molecule has 1 N–H and O–H groups in total. The molecule has 2 nitrogen and oxygen atoms in total. The molecule has 1 atom stereocenters. The maximum absolute atomic E-state index is 4.08. The maximum atomic E-state index is 4.08. The highest BCUT2D eigenvalue weighted by atomic mass is 14.9. The summed E-state index contributed by atoms with van der Waals surface area (Å²) in [5.74, 6) is 1.48.